The molecule has 0 saturated carbocycles. The van der Waals surface area contributed by atoms with E-state index in [1.165, 1.54) is 0 Å². The molecule has 0 aliphatic heterocycles. The lowest BCUT2D eigenvalue weighted by Gasteiger charge is -2.36. The van der Waals surface area contributed by atoms with Gasteiger partial charge >= 0.3 is 0 Å². The summed E-state index contributed by atoms with van der Waals surface area (Å²) in [6.45, 7) is 19.6. The van der Waals surface area contributed by atoms with Gasteiger partial charge in [-0.2, -0.15) is 0 Å². The van der Waals surface area contributed by atoms with E-state index in [0.29, 0.717) is 17.5 Å². The van der Waals surface area contributed by atoms with Gasteiger partial charge < -0.3 is 0 Å². The summed E-state index contributed by atoms with van der Waals surface area (Å²) in [6.07, 6.45) is 0.591. The van der Waals surface area contributed by atoms with Crippen LogP contribution in [0.25, 0.3) is 0 Å². The fourth-order valence-electron chi connectivity index (χ4n) is 4.77. The highest BCUT2D eigenvalue weighted by atomic mass is 31.1. The minimum Gasteiger partial charge on any atom is -0.292 e. The lowest BCUT2D eigenvalue weighted by molar-refractivity contribution is 0.0770. The Morgan fingerprint density at radius 3 is 1.41 bits per heavy atom. The zero-order chi connectivity index (χ0) is 24.6. The summed E-state index contributed by atoms with van der Waals surface area (Å²) in [5, 5.41) is -1.68. The van der Waals surface area contributed by atoms with Gasteiger partial charge in [0.1, 0.15) is 0 Å². The maximum Gasteiger partial charge on any atom is 0.189 e. The van der Waals surface area contributed by atoms with Crippen molar-refractivity contribution in [2.45, 2.75) is 80.8 Å². The summed E-state index contributed by atoms with van der Waals surface area (Å²) in [4.78, 5) is 28.6. The fourth-order valence-corrected chi connectivity index (χ4v) is 5.43. The van der Waals surface area contributed by atoms with Crippen molar-refractivity contribution in [2.75, 3.05) is 0 Å². The average molecular weight is 453 g/mol. The topological polar surface area (TPSA) is 51.2 Å². The van der Waals surface area contributed by atoms with Crippen molar-refractivity contribution >= 4 is 20.0 Å². The number of aryl methyl sites for hydroxylation is 4. The molecule has 0 aliphatic carbocycles. The molecular weight excluding hydrogens is 415 g/mol. The molecular formula is C28H37O3P. The Kier molecular flexibility index (Phi) is 7.67. The highest BCUT2D eigenvalue weighted by Gasteiger charge is 2.53. The minimum absolute atomic E-state index is 0.136. The molecule has 0 heterocycles. The van der Waals surface area contributed by atoms with E-state index in [1.54, 1.807) is 0 Å². The molecule has 0 amide bonds. The first-order valence-corrected chi connectivity index (χ1v) is 12.1. The standard InChI is InChI=1S/C28H37O3P/c1-16-11-13-18(3)23(21(16)6)25(29)28(32-31,20(5)15-27(8,9)10)26(30)24-19(4)14-12-17(2)22(24)7/h11-14,20H,15H2,1-10H3. The number of carbonyl (C=O) groups excluding carboxylic acids is 2. The minimum atomic E-state index is -1.68. The molecule has 0 saturated heterocycles. The SMILES string of the molecule is Cc1ccc(C)c(C(=O)C(P=O)(C(=O)c2c(C)ccc(C)c2C)C(C)CC(C)(C)C)c1C. The van der Waals surface area contributed by atoms with Gasteiger partial charge in [0.15, 0.2) is 25.2 Å². The summed E-state index contributed by atoms with van der Waals surface area (Å²) in [7, 11) is -0.452. The number of carbonyl (C=O) groups is 2. The summed E-state index contributed by atoms with van der Waals surface area (Å²) in [6, 6.07) is 7.77. The molecule has 2 aromatic rings. The zero-order valence-corrected chi connectivity index (χ0v) is 22.2. The molecule has 32 heavy (non-hydrogen) atoms. The van der Waals surface area contributed by atoms with Crippen molar-refractivity contribution < 1.29 is 14.2 Å². The Bertz CT molecular complexity index is 1000. The molecule has 1 unspecified atom stereocenters. The maximum absolute atomic E-state index is 14.3. The molecule has 0 aliphatic rings. The van der Waals surface area contributed by atoms with Gasteiger partial charge in [-0.1, -0.05) is 52.0 Å². The summed E-state index contributed by atoms with van der Waals surface area (Å²) in [5.41, 5.74) is 6.16. The van der Waals surface area contributed by atoms with Crippen LogP contribution in [0.4, 0.5) is 0 Å². The lowest BCUT2D eigenvalue weighted by Crippen LogP contribution is -2.49. The first-order chi connectivity index (χ1) is 14.7. The molecule has 0 fully saturated rings. The Balaban J connectivity index is 2.90. The van der Waals surface area contributed by atoms with Crippen LogP contribution in [0.15, 0.2) is 24.3 Å². The summed E-state index contributed by atoms with van der Waals surface area (Å²) in [5.74, 6) is -1.09. The van der Waals surface area contributed by atoms with Crippen LogP contribution in [0, 0.1) is 52.9 Å². The highest BCUT2D eigenvalue weighted by Crippen LogP contribution is 2.45. The molecule has 4 heteroatoms. The number of ketones is 2. The predicted molar refractivity (Wildman–Crippen MR) is 134 cm³/mol. The normalized spacial score (nSPS) is 13.3. The quantitative estimate of drug-likeness (QED) is 0.246. The molecule has 0 spiro atoms. The molecule has 2 aromatic carbocycles. The first-order valence-electron chi connectivity index (χ1n) is 11.3. The van der Waals surface area contributed by atoms with Crippen LogP contribution in [0.2, 0.25) is 0 Å². The van der Waals surface area contributed by atoms with E-state index in [2.05, 4.69) is 20.8 Å². The third-order valence-electron chi connectivity index (χ3n) is 6.81. The summed E-state index contributed by atoms with van der Waals surface area (Å²) >= 11 is 0. The van der Waals surface area contributed by atoms with E-state index in [-0.39, 0.29) is 17.0 Å². The number of rotatable bonds is 7. The van der Waals surface area contributed by atoms with Crippen molar-refractivity contribution in [3.8, 4) is 0 Å². The maximum atomic E-state index is 14.3. The fraction of sp³-hybridized carbons (Fsp3) is 0.500. The number of benzene rings is 2. The van der Waals surface area contributed by atoms with Crippen LogP contribution < -0.4 is 0 Å². The van der Waals surface area contributed by atoms with Crippen molar-refractivity contribution in [2.24, 2.45) is 11.3 Å². The van der Waals surface area contributed by atoms with E-state index in [9.17, 15) is 14.2 Å². The van der Waals surface area contributed by atoms with Crippen molar-refractivity contribution in [1.29, 1.82) is 0 Å². The second-order valence-corrected chi connectivity index (χ2v) is 11.5. The van der Waals surface area contributed by atoms with Gasteiger partial charge in [0.2, 0.25) is 0 Å². The smallest absolute Gasteiger partial charge is 0.189 e. The van der Waals surface area contributed by atoms with Crippen LogP contribution in [-0.4, -0.2) is 16.7 Å². The summed E-state index contributed by atoms with van der Waals surface area (Å²) < 4.78 is 13.1. The average Bonchev–Trinajstić information content (AvgIpc) is 2.68. The second kappa shape index (κ2) is 9.40. The van der Waals surface area contributed by atoms with E-state index in [0.717, 1.165) is 33.4 Å². The van der Waals surface area contributed by atoms with Gasteiger partial charge in [0.05, 0.1) is 0 Å². The van der Waals surface area contributed by atoms with E-state index in [4.69, 9.17) is 0 Å². The monoisotopic (exact) mass is 452 g/mol. The number of Topliss-reactive ketones (excluding diaryl/α,β-unsaturated/α-hetero) is 2. The molecule has 0 radical (unpaired) electrons. The van der Waals surface area contributed by atoms with Crippen LogP contribution >= 0.6 is 8.46 Å². The van der Waals surface area contributed by atoms with Crippen LogP contribution in [0.3, 0.4) is 0 Å². The molecule has 0 aromatic heterocycles. The molecule has 0 bridgehead atoms. The van der Waals surface area contributed by atoms with Gasteiger partial charge in [-0.3, -0.25) is 14.2 Å². The Hall–Kier alpha value is -2.12. The highest BCUT2D eigenvalue weighted by molar-refractivity contribution is 7.30. The third-order valence-corrected chi connectivity index (χ3v) is 7.95. The number of hydrogen-bond acceptors (Lipinski definition) is 3. The van der Waals surface area contributed by atoms with Crippen LogP contribution in [0.5, 0.6) is 0 Å². The lowest BCUT2D eigenvalue weighted by atomic mass is 9.71. The Morgan fingerprint density at radius 1 is 0.750 bits per heavy atom. The first kappa shape index (κ1) is 26.1. The van der Waals surface area contributed by atoms with Crippen LogP contribution in [-0.2, 0) is 4.57 Å². The zero-order valence-electron chi connectivity index (χ0n) is 21.3. The van der Waals surface area contributed by atoms with E-state index in [1.807, 2.05) is 72.7 Å². The number of hydrogen-bond donors (Lipinski definition) is 0. The molecule has 3 nitrogen and oxygen atoms in total. The largest absolute Gasteiger partial charge is 0.292 e. The van der Waals surface area contributed by atoms with Crippen molar-refractivity contribution in [3.63, 3.8) is 0 Å². The van der Waals surface area contributed by atoms with E-state index < -0.39 is 19.5 Å². The Morgan fingerprint density at radius 2 is 1.09 bits per heavy atom. The van der Waals surface area contributed by atoms with Gasteiger partial charge in [0.25, 0.3) is 0 Å². The van der Waals surface area contributed by atoms with Gasteiger partial charge in [-0.15, -0.1) is 0 Å². The second-order valence-electron chi connectivity index (χ2n) is 10.6. The van der Waals surface area contributed by atoms with Gasteiger partial charge in [-0.25, -0.2) is 0 Å². The van der Waals surface area contributed by atoms with Gasteiger partial charge in [0, 0.05) is 11.1 Å². The van der Waals surface area contributed by atoms with E-state index >= 15 is 0 Å². The third kappa shape index (κ3) is 4.64. The van der Waals surface area contributed by atoms with Crippen molar-refractivity contribution in [1.82, 2.24) is 0 Å². The molecule has 1 atom stereocenters. The van der Waals surface area contributed by atoms with Gasteiger partial charge in [-0.05, 0) is 92.7 Å². The molecule has 0 N–H and O–H groups in total. The predicted octanol–water partition coefficient (Wildman–Crippen LogP) is 7.71. The molecule has 2 rings (SSSR count). The van der Waals surface area contributed by atoms with Crippen molar-refractivity contribution in [3.05, 3.63) is 68.8 Å². The molecule has 172 valence electrons. The van der Waals surface area contributed by atoms with Crippen LogP contribution in [0.1, 0.15) is 88.2 Å². The Labute approximate surface area is 195 Å².